The maximum atomic E-state index is 12.7. The number of halogens is 1. The number of benzene rings is 3. The van der Waals surface area contributed by atoms with E-state index in [-0.39, 0.29) is 22.3 Å². The van der Waals surface area contributed by atoms with Crippen LogP contribution < -0.4 is 9.47 Å². The number of unbranched alkanes of at least 4 members (excludes halogenated alkanes) is 11. The van der Waals surface area contributed by atoms with Crippen molar-refractivity contribution in [3.8, 4) is 22.6 Å². The van der Waals surface area contributed by atoms with Crippen molar-refractivity contribution in [1.82, 2.24) is 0 Å². The Morgan fingerprint density at radius 3 is 1.76 bits per heavy atom. The third kappa shape index (κ3) is 13.3. The third-order valence-corrected chi connectivity index (χ3v) is 8.45. The van der Waals surface area contributed by atoms with Gasteiger partial charge in [0.25, 0.3) is 0 Å². The lowest BCUT2D eigenvalue weighted by atomic mass is 10.0. The quantitative estimate of drug-likeness (QED) is 0.0662. The molecule has 1 unspecified atom stereocenters. The van der Waals surface area contributed by atoms with Crippen molar-refractivity contribution < 1.29 is 23.8 Å². The normalized spacial score (nSPS) is 11.6. The summed E-state index contributed by atoms with van der Waals surface area (Å²) in [5.41, 5.74) is 2.68. The van der Waals surface area contributed by atoms with E-state index in [0.717, 1.165) is 36.3 Å². The molecule has 244 valence electrons. The molecule has 0 spiro atoms. The Morgan fingerprint density at radius 2 is 1.20 bits per heavy atom. The Labute approximate surface area is 275 Å². The summed E-state index contributed by atoms with van der Waals surface area (Å²) in [5.74, 6) is 0.396. The van der Waals surface area contributed by atoms with Gasteiger partial charge < -0.3 is 14.2 Å². The number of hydrogen-bond acceptors (Lipinski definition) is 5. The van der Waals surface area contributed by atoms with Gasteiger partial charge in [0.15, 0.2) is 0 Å². The van der Waals surface area contributed by atoms with Crippen LogP contribution in [0.4, 0.5) is 0 Å². The van der Waals surface area contributed by atoms with Crippen molar-refractivity contribution in [2.75, 3.05) is 13.2 Å². The highest BCUT2D eigenvalue weighted by Crippen LogP contribution is 2.26. The highest BCUT2D eigenvalue weighted by molar-refractivity contribution is 6.33. The third-order valence-electron chi connectivity index (χ3n) is 8.14. The SMILES string of the molecule is CCCCCCCCCCCCCCOc1ccc(-c2ccc(C(=O)Oc3ccc(C(=O)OCC(C)CC)c(Cl)c3)cc2)cc1. The van der Waals surface area contributed by atoms with Crippen molar-refractivity contribution in [3.63, 3.8) is 0 Å². The molecule has 0 aliphatic rings. The molecule has 0 aromatic heterocycles. The average Bonchev–Trinajstić information content (AvgIpc) is 3.06. The Hall–Kier alpha value is -3.31. The van der Waals surface area contributed by atoms with E-state index in [4.69, 9.17) is 25.8 Å². The maximum Gasteiger partial charge on any atom is 0.343 e. The van der Waals surface area contributed by atoms with Crippen molar-refractivity contribution in [2.45, 2.75) is 104 Å². The number of esters is 2. The number of rotatable bonds is 21. The van der Waals surface area contributed by atoms with Crippen LogP contribution >= 0.6 is 11.6 Å². The fraction of sp³-hybridized carbons (Fsp3) is 0.487. The van der Waals surface area contributed by atoms with Crippen LogP contribution in [-0.2, 0) is 4.74 Å². The summed E-state index contributed by atoms with van der Waals surface area (Å²) in [6, 6.07) is 19.8. The molecule has 0 aliphatic heterocycles. The second-order valence-electron chi connectivity index (χ2n) is 12.0. The molecule has 0 N–H and O–H groups in total. The van der Waals surface area contributed by atoms with E-state index in [0.29, 0.717) is 12.2 Å². The summed E-state index contributed by atoms with van der Waals surface area (Å²) in [5, 5.41) is 0.173. The Bertz CT molecular complexity index is 1290. The first-order valence-electron chi connectivity index (χ1n) is 16.9. The smallest absolute Gasteiger partial charge is 0.343 e. The molecule has 5 nitrogen and oxygen atoms in total. The zero-order chi connectivity index (χ0) is 32.3. The van der Waals surface area contributed by atoms with Gasteiger partial charge >= 0.3 is 11.9 Å². The molecule has 0 saturated heterocycles. The molecule has 0 heterocycles. The Morgan fingerprint density at radius 1 is 0.667 bits per heavy atom. The van der Waals surface area contributed by atoms with E-state index >= 15 is 0 Å². The lowest BCUT2D eigenvalue weighted by molar-refractivity contribution is 0.0447. The zero-order valence-electron chi connectivity index (χ0n) is 27.5. The van der Waals surface area contributed by atoms with Crippen molar-refractivity contribution in [3.05, 3.63) is 82.9 Å². The fourth-order valence-electron chi connectivity index (χ4n) is 4.98. The molecule has 3 aromatic carbocycles. The van der Waals surface area contributed by atoms with Gasteiger partial charge in [-0.25, -0.2) is 9.59 Å². The molecule has 0 fully saturated rings. The zero-order valence-corrected chi connectivity index (χ0v) is 28.2. The van der Waals surface area contributed by atoms with Crippen molar-refractivity contribution >= 4 is 23.5 Å². The number of ether oxygens (including phenoxy) is 3. The van der Waals surface area contributed by atoms with E-state index in [1.54, 1.807) is 18.2 Å². The van der Waals surface area contributed by atoms with Crippen LogP contribution in [-0.4, -0.2) is 25.2 Å². The topological polar surface area (TPSA) is 61.8 Å². The Kier molecular flexibility index (Phi) is 16.6. The van der Waals surface area contributed by atoms with Crippen LogP contribution in [0.1, 0.15) is 125 Å². The van der Waals surface area contributed by atoms with E-state index in [1.165, 1.54) is 82.8 Å². The molecule has 0 aliphatic carbocycles. The van der Waals surface area contributed by atoms with Gasteiger partial charge in [0.1, 0.15) is 11.5 Å². The van der Waals surface area contributed by atoms with Crippen LogP contribution in [0.25, 0.3) is 11.1 Å². The van der Waals surface area contributed by atoms with Crippen LogP contribution in [0.5, 0.6) is 11.5 Å². The average molecular weight is 635 g/mol. The summed E-state index contributed by atoms with van der Waals surface area (Å²) in [6.07, 6.45) is 16.9. The summed E-state index contributed by atoms with van der Waals surface area (Å²) in [6.45, 7) is 7.39. The van der Waals surface area contributed by atoms with Crippen LogP contribution in [0.2, 0.25) is 5.02 Å². The molecular formula is C39H51ClO5. The minimum absolute atomic E-state index is 0.173. The van der Waals surface area contributed by atoms with E-state index < -0.39 is 11.9 Å². The second kappa shape index (κ2) is 20.7. The predicted octanol–water partition coefficient (Wildman–Crippen LogP) is 11.5. The highest BCUT2D eigenvalue weighted by atomic mass is 35.5. The van der Waals surface area contributed by atoms with Crippen LogP contribution in [0.3, 0.4) is 0 Å². The van der Waals surface area contributed by atoms with Crippen LogP contribution in [0.15, 0.2) is 66.7 Å². The van der Waals surface area contributed by atoms with Crippen LogP contribution in [0, 0.1) is 5.92 Å². The standard InChI is InChI=1S/C39H51ClO5/c1-4-6-7-8-9-10-11-12-13-14-15-16-27-43-34-23-21-32(22-24-34)31-17-19-33(20-18-31)38(41)45-35-25-26-36(37(40)28-35)39(42)44-29-30(3)5-2/h17-26,28,30H,4-16,27,29H2,1-3H3. The highest BCUT2D eigenvalue weighted by Gasteiger charge is 2.16. The van der Waals surface area contributed by atoms with Gasteiger partial charge in [-0.2, -0.15) is 0 Å². The molecule has 1 atom stereocenters. The summed E-state index contributed by atoms with van der Waals surface area (Å²) < 4.78 is 16.8. The molecule has 6 heteroatoms. The predicted molar refractivity (Wildman–Crippen MR) is 185 cm³/mol. The van der Waals surface area contributed by atoms with Gasteiger partial charge in [0.05, 0.1) is 29.4 Å². The van der Waals surface area contributed by atoms with Gasteiger partial charge in [-0.05, 0) is 59.9 Å². The summed E-state index contributed by atoms with van der Waals surface area (Å²) in [7, 11) is 0. The maximum absolute atomic E-state index is 12.7. The number of carbonyl (C=O) groups is 2. The van der Waals surface area contributed by atoms with E-state index in [9.17, 15) is 9.59 Å². The molecular weight excluding hydrogens is 584 g/mol. The number of carbonyl (C=O) groups excluding carboxylic acids is 2. The van der Waals surface area contributed by atoms with Gasteiger partial charge in [-0.15, -0.1) is 0 Å². The Balaban J connectivity index is 1.36. The minimum atomic E-state index is -0.508. The lowest BCUT2D eigenvalue weighted by Gasteiger charge is -2.11. The first kappa shape index (κ1) is 36.2. The first-order valence-corrected chi connectivity index (χ1v) is 17.3. The monoisotopic (exact) mass is 634 g/mol. The molecule has 0 radical (unpaired) electrons. The largest absolute Gasteiger partial charge is 0.494 e. The molecule has 3 rings (SSSR count). The molecule has 3 aromatic rings. The summed E-state index contributed by atoms with van der Waals surface area (Å²) in [4.78, 5) is 25.1. The van der Waals surface area contributed by atoms with Crippen molar-refractivity contribution in [1.29, 1.82) is 0 Å². The minimum Gasteiger partial charge on any atom is -0.494 e. The second-order valence-corrected chi connectivity index (χ2v) is 12.4. The molecule has 0 amide bonds. The van der Waals surface area contributed by atoms with Gasteiger partial charge in [0.2, 0.25) is 0 Å². The van der Waals surface area contributed by atoms with Gasteiger partial charge in [-0.1, -0.05) is 134 Å². The van der Waals surface area contributed by atoms with Gasteiger partial charge in [0, 0.05) is 6.07 Å². The molecule has 45 heavy (non-hydrogen) atoms. The lowest BCUT2D eigenvalue weighted by Crippen LogP contribution is -2.12. The van der Waals surface area contributed by atoms with Crippen molar-refractivity contribution in [2.24, 2.45) is 5.92 Å². The van der Waals surface area contributed by atoms with Gasteiger partial charge in [-0.3, -0.25) is 0 Å². The fourth-order valence-corrected chi connectivity index (χ4v) is 5.23. The van der Waals surface area contributed by atoms with E-state index in [1.807, 2.05) is 50.2 Å². The summed E-state index contributed by atoms with van der Waals surface area (Å²) >= 11 is 6.28. The first-order chi connectivity index (χ1) is 21.9. The van der Waals surface area contributed by atoms with E-state index in [2.05, 4.69) is 6.92 Å². The molecule has 0 bridgehead atoms. The number of hydrogen-bond donors (Lipinski definition) is 0. The molecule has 0 saturated carbocycles.